The first-order chi connectivity index (χ1) is 8.50. The number of carbonyl (C=O) groups is 1. The van der Waals surface area contributed by atoms with Crippen LogP contribution in [0, 0.1) is 3.95 Å². The Balaban J connectivity index is 2.58. The number of thiazole rings is 1. The van der Waals surface area contributed by atoms with Gasteiger partial charge in [-0.1, -0.05) is 29.8 Å². The van der Waals surface area contributed by atoms with Gasteiger partial charge in [0.15, 0.2) is 3.95 Å². The van der Waals surface area contributed by atoms with E-state index in [4.69, 9.17) is 28.9 Å². The Bertz CT molecular complexity index is 663. The highest BCUT2D eigenvalue weighted by atomic mass is 35.5. The maximum Gasteiger partial charge on any atom is 0.323 e. The van der Waals surface area contributed by atoms with Crippen LogP contribution in [0.25, 0.3) is 10.4 Å². The third kappa shape index (κ3) is 2.40. The van der Waals surface area contributed by atoms with Crippen LogP contribution in [0.4, 0.5) is 0 Å². The lowest BCUT2D eigenvalue weighted by Crippen LogP contribution is -2.07. The van der Waals surface area contributed by atoms with Crippen LogP contribution in [0.2, 0.25) is 5.02 Å². The van der Waals surface area contributed by atoms with Crippen molar-refractivity contribution < 1.29 is 15.0 Å². The highest BCUT2D eigenvalue weighted by Crippen LogP contribution is 2.39. The predicted molar refractivity (Wildman–Crippen MR) is 72.9 cm³/mol. The Kier molecular flexibility index (Phi) is 3.70. The van der Waals surface area contributed by atoms with Crippen molar-refractivity contribution >= 4 is 41.1 Å². The zero-order chi connectivity index (χ0) is 13.3. The van der Waals surface area contributed by atoms with Crippen LogP contribution in [0.5, 0.6) is 5.88 Å². The lowest BCUT2D eigenvalue weighted by atomic mass is 10.2. The molecule has 1 aromatic heterocycles. The quantitative estimate of drug-likeness (QED) is 0.853. The molecule has 0 unspecified atom stereocenters. The summed E-state index contributed by atoms with van der Waals surface area (Å²) >= 11 is 12.2. The van der Waals surface area contributed by atoms with E-state index in [0.717, 1.165) is 11.3 Å². The van der Waals surface area contributed by atoms with Gasteiger partial charge in [-0.25, -0.2) is 0 Å². The van der Waals surface area contributed by atoms with Gasteiger partial charge in [-0.15, -0.1) is 11.3 Å². The highest BCUT2D eigenvalue weighted by molar-refractivity contribution is 7.73. The molecule has 2 N–H and O–H groups in total. The van der Waals surface area contributed by atoms with Gasteiger partial charge in [0.05, 0.1) is 4.88 Å². The van der Waals surface area contributed by atoms with Crippen molar-refractivity contribution in [1.29, 1.82) is 0 Å². The molecule has 0 spiro atoms. The van der Waals surface area contributed by atoms with E-state index in [2.05, 4.69) is 0 Å². The summed E-state index contributed by atoms with van der Waals surface area (Å²) in [5.74, 6) is -1.23. The first kappa shape index (κ1) is 13.1. The van der Waals surface area contributed by atoms with Gasteiger partial charge in [0.1, 0.15) is 6.54 Å². The number of aliphatic carboxylic acids is 1. The molecule has 18 heavy (non-hydrogen) atoms. The molecule has 0 aliphatic rings. The predicted octanol–water partition coefficient (Wildman–Crippen LogP) is 3.39. The van der Waals surface area contributed by atoms with E-state index in [0.29, 0.717) is 19.4 Å². The summed E-state index contributed by atoms with van der Waals surface area (Å²) in [4.78, 5) is 11.2. The van der Waals surface area contributed by atoms with Gasteiger partial charge in [-0.2, -0.15) is 0 Å². The second kappa shape index (κ2) is 5.09. The van der Waals surface area contributed by atoms with Crippen molar-refractivity contribution in [2.75, 3.05) is 0 Å². The number of nitrogens with zero attached hydrogens (tertiary/aromatic N) is 1. The average Bonchev–Trinajstić information content (AvgIpc) is 2.57. The molecule has 0 saturated carbocycles. The Labute approximate surface area is 117 Å². The van der Waals surface area contributed by atoms with Gasteiger partial charge in [0, 0.05) is 10.6 Å². The van der Waals surface area contributed by atoms with Crippen LogP contribution in [0.15, 0.2) is 24.3 Å². The van der Waals surface area contributed by atoms with E-state index >= 15 is 0 Å². The van der Waals surface area contributed by atoms with Crippen LogP contribution in [0.3, 0.4) is 0 Å². The molecule has 94 valence electrons. The molecule has 0 bridgehead atoms. The Morgan fingerprint density at radius 2 is 2.11 bits per heavy atom. The van der Waals surface area contributed by atoms with Crippen molar-refractivity contribution in [3.8, 4) is 16.3 Å². The fraction of sp³-hybridized carbons (Fsp3) is 0.0909. The van der Waals surface area contributed by atoms with Gasteiger partial charge in [0.2, 0.25) is 5.88 Å². The van der Waals surface area contributed by atoms with Crippen LogP contribution >= 0.6 is 35.2 Å². The molecular formula is C11H8ClNO3S2. The lowest BCUT2D eigenvalue weighted by Gasteiger charge is -2.03. The van der Waals surface area contributed by atoms with E-state index in [1.165, 1.54) is 4.57 Å². The summed E-state index contributed by atoms with van der Waals surface area (Å²) in [6.45, 7) is -0.369. The molecule has 0 fully saturated rings. The first-order valence-corrected chi connectivity index (χ1v) is 6.50. The van der Waals surface area contributed by atoms with Gasteiger partial charge >= 0.3 is 5.97 Å². The number of hydrogen-bond donors (Lipinski definition) is 2. The van der Waals surface area contributed by atoms with E-state index in [9.17, 15) is 9.90 Å². The number of halogens is 1. The van der Waals surface area contributed by atoms with E-state index in [1.807, 2.05) is 0 Å². The summed E-state index contributed by atoms with van der Waals surface area (Å²) in [6, 6.07) is 7.00. The average molecular weight is 302 g/mol. The molecule has 0 amide bonds. The van der Waals surface area contributed by atoms with Gasteiger partial charge in [-0.05, 0) is 18.3 Å². The number of aromatic hydroxyl groups is 1. The third-order valence-electron chi connectivity index (χ3n) is 2.28. The number of rotatable bonds is 3. The smallest absolute Gasteiger partial charge is 0.323 e. The van der Waals surface area contributed by atoms with Crippen LogP contribution < -0.4 is 0 Å². The summed E-state index contributed by atoms with van der Waals surface area (Å²) in [5, 5.41) is 19.2. The summed E-state index contributed by atoms with van der Waals surface area (Å²) in [6.07, 6.45) is 0. The number of aromatic nitrogens is 1. The van der Waals surface area contributed by atoms with Crippen molar-refractivity contribution in [2.45, 2.75) is 6.54 Å². The molecule has 0 radical (unpaired) electrons. The minimum absolute atomic E-state index is 0.166. The van der Waals surface area contributed by atoms with E-state index in [-0.39, 0.29) is 12.4 Å². The highest BCUT2D eigenvalue weighted by Gasteiger charge is 2.17. The SMILES string of the molecule is O=C(O)Cn1c(O)c(-c2ccccc2Cl)sc1=S. The maximum absolute atomic E-state index is 10.7. The zero-order valence-electron chi connectivity index (χ0n) is 8.96. The van der Waals surface area contributed by atoms with Crippen LogP contribution in [-0.4, -0.2) is 20.7 Å². The minimum Gasteiger partial charge on any atom is -0.493 e. The van der Waals surface area contributed by atoms with Crippen molar-refractivity contribution in [3.05, 3.63) is 33.2 Å². The molecule has 0 aliphatic carbocycles. The molecule has 0 aliphatic heterocycles. The number of carboxylic acid groups (broad SMARTS) is 1. The number of hydrogen-bond acceptors (Lipinski definition) is 4. The number of carboxylic acids is 1. The fourth-order valence-electron chi connectivity index (χ4n) is 1.49. The third-order valence-corrected chi connectivity index (χ3v) is 4.08. The molecular weight excluding hydrogens is 294 g/mol. The fourth-order valence-corrected chi connectivity index (χ4v) is 3.11. The lowest BCUT2D eigenvalue weighted by molar-refractivity contribution is -0.137. The summed E-state index contributed by atoms with van der Waals surface area (Å²) in [5.41, 5.74) is 0.636. The first-order valence-electron chi connectivity index (χ1n) is 4.90. The molecule has 0 saturated heterocycles. The largest absolute Gasteiger partial charge is 0.493 e. The van der Waals surface area contributed by atoms with Crippen LogP contribution in [0.1, 0.15) is 0 Å². The second-order valence-corrected chi connectivity index (χ2v) is 5.53. The normalized spacial score (nSPS) is 10.5. The van der Waals surface area contributed by atoms with Crippen molar-refractivity contribution in [3.63, 3.8) is 0 Å². The summed E-state index contributed by atoms with van der Waals surface area (Å²) < 4.78 is 1.46. The summed E-state index contributed by atoms with van der Waals surface area (Å²) in [7, 11) is 0. The second-order valence-electron chi connectivity index (χ2n) is 3.48. The molecule has 0 atom stereocenters. The molecule has 7 heteroatoms. The number of benzene rings is 1. The Morgan fingerprint density at radius 1 is 1.44 bits per heavy atom. The van der Waals surface area contributed by atoms with Crippen molar-refractivity contribution in [2.24, 2.45) is 0 Å². The van der Waals surface area contributed by atoms with E-state index < -0.39 is 5.97 Å². The molecule has 2 aromatic rings. The molecule has 1 aromatic carbocycles. The standard InChI is InChI=1S/C11H8ClNO3S2/c12-7-4-2-1-3-6(7)9-10(16)13(5-8(14)15)11(17)18-9/h1-4,16H,5H2,(H,14,15). The van der Waals surface area contributed by atoms with Gasteiger partial charge < -0.3 is 10.2 Å². The van der Waals surface area contributed by atoms with Crippen LogP contribution in [-0.2, 0) is 11.3 Å². The Morgan fingerprint density at radius 3 is 2.72 bits per heavy atom. The Hall–Kier alpha value is -1.37. The zero-order valence-corrected chi connectivity index (χ0v) is 11.3. The molecule has 4 nitrogen and oxygen atoms in total. The topological polar surface area (TPSA) is 62.5 Å². The monoisotopic (exact) mass is 301 g/mol. The maximum atomic E-state index is 10.7. The van der Waals surface area contributed by atoms with E-state index in [1.54, 1.807) is 24.3 Å². The molecule has 1 heterocycles. The minimum atomic E-state index is -1.06. The van der Waals surface area contributed by atoms with Gasteiger partial charge in [0.25, 0.3) is 0 Å². The molecule has 2 rings (SSSR count). The van der Waals surface area contributed by atoms with Crippen molar-refractivity contribution in [1.82, 2.24) is 4.57 Å². The van der Waals surface area contributed by atoms with Gasteiger partial charge in [-0.3, -0.25) is 9.36 Å².